The summed E-state index contributed by atoms with van der Waals surface area (Å²) in [6.07, 6.45) is 14.3. The summed E-state index contributed by atoms with van der Waals surface area (Å²) in [4.78, 5) is 0. The van der Waals surface area contributed by atoms with Gasteiger partial charge in [0.1, 0.15) is 18.1 Å². The van der Waals surface area contributed by atoms with E-state index in [2.05, 4.69) is 43.3 Å². The summed E-state index contributed by atoms with van der Waals surface area (Å²) in [5, 5.41) is 0. The number of unbranched alkanes of at least 4 members (excludes halogenated alkanes) is 4. The van der Waals surface area contributed by atoms with E-state index in [-0.39, 0.29) is 0 Å². The third kappa shape index (κ3) is 8.17. The zero-order chi connectivity index (χ0) is 19.2. The van der Waals surface area contributed by atoms with Crippen LogP contribution >= 0.6 is 0 Å². The van der Waals surface area contributed by atoms with Gasteiger partial charge in [-0.2, -0.15) is 0 Å². The predicted molar refractivity (Wildman–Crippen MR) is 116 cm³/mol. The zero-order valence-corrected chi connectivity index (χ0v) is 16.7. The monoisotopic (exact) mass is 364 g/mol. The molecule has 2 rings (SSSR count). The normalized spacial score (nSPS) is 11.3. The van der Waals surface area contributed by atoms with Gasteiger partial charge < -0.3 is 9.47 Å². The van der Waals surface area contributed by atoms with Crippen LogP contribution in [-0.4, -0.2) is 13.2 Å². The molecule has 2 heteroatoms. The fourth-order valence-corrected chi connectivity index (χ4v) is 2.77. The molecule has 2 nitrogen and oxygen atoms in total. The van der Waals surface area contributed by atoms with Crippen LogP contribution in [0.15, 0.2) is 72.8 Å². The summed E-state index contributed by atoms with van der Waals surface area (Å²) in [5.74, 6) is 1.83. The highest BCUT2D eigenvalue weighted by atomic mass is 16.5. The molecule has 0 amide bonds. The number of hydrogen-bond acceptors (Lipinski definition) is 2. The topological polar surface area (TPSA) is 18.5 Å². The molecule has 0 aliphatic heterocycles. The maximum atomic E-state index is 5.84. The minimum absolute atomic E-state index is 0.578. The van der Waals surface area contributed by atoms with Crippen LogP contribution in [0.4, 0.5) is 0 Å². The second-order valence-corrected chi connectivity index (χ2v) is 6.58. The van der Waals surface area contributed by atoms with Crippen LogP contribution in [-0.2, 0) is 0 Å². The second-order valence-electron chi connectivity index (χ2n) is 6.58. The summed E-state index contributed by atoms with van der Waals surface area (Å²) in [6, 6.07) is 16.5. The minimum atomic E-state index is 0.578. The molecule has 0 radical (unpaired) electrons. The van der Waals surface area contributed by atoms with E-state index in [4.69, 9.17) is 9.47 Å². The van der Waals surface area contributed by atoms with Crippen molar-refractivity contribution in [2.45, 2.75) is 46.0 Å². The molecule has 0 heterocycles. The molecule has 0 bridgehead atoms. The van der Waals surface area contributed by atoms with Crippen molar-refractivity contribution in [1.82, 2.24) is 0 Å². The van der Waals surface area contributed by atoms with Crippen LogP contribution in [0.1, 0.15) is 46.0 Å². The Morgan fingerprint density at radius 2 is 1.30 bits per heavy atom. The summed E-state index contributed by atoms with van der Waals surface area (Å²) in [5.41, 5.74) is 2.36. The van der Waals surface area contributed by atoms with Crippen molar-refractivity contribution in [3.8, 4) is 22.6 Å². The molecule has 2 aromatic rings. The Morgan fingerprint density at radius 3 is 1.89 bits per heavy atom. The fourth-order valence-electron chi connectivity index (χ4n) is 2.77. The van der Waals surface area contributed by atoms with E-state index in [0.717, 1.165) is 24.5 Å². The van der Waals surface area contributed by atoms with Gasteiger partial charge in [-0.05, 0) is 54.8 Å². The van der Waals surface area contributed by atoms with Gasteiger partial charge in [-0.3, -0.25) is 0 Å². The molecule has 0 aromatic heterocycles. The van der Waals surface area contributed by atoms with Crippen molar-refractivity contribution in [1.29, 1.82) is 0 Å². The van der Waals surface area contributed by atoms with Crippen LogP contribution in [0.5, 0.6) is 11.5 Å². The standard InChI is InChI=1S/C25H32O2/c1-3-5-7-9-11-21-27-25-18-14-23(15-19-25)22-12-16-24(17-13-22)26-20-10-8-6-4-2/h4,6,8,10,12-19H,3,5,7,9,11,20-21H2,1-2H3. The summed E-state index contributed by atoms with van der Waals surface area (Å²) >= 11 is 0. The van der Waals surface area contributed by atoms with Gasteiger partial charge >= 0.3 is 0 Å². The lowest BCUT2D eigenvalue weighted by Crippen LogP contribution is -1.97. The molecule has 0 N–H and O–H groups in total. The van der Waals surface area contributed by atoms with Crippen LogP contribution in [0, 0.1) is 0 Å². The Bertz CT molecular complexity index is 681. The Labute approximate surface area is 164 Å². The smallest absolute Gasteiger partial charge is 0.119 e. The highest BCUT2D eigenvalue weighted by Gasteiger charge is 2.00. The van der Waals surface area contributed by atoms with Crippen LogP contribution in [0.2, 0.25) is 0 Å². The molecular formula is C25H32O2. The van der Waals surface area contributed by atoms with Crippen LogP contribution in [0.25, 0.3) is 11.1 Å². The molecule has 0 saturated heterocycles. The highest BCUT2D eigenvalue weighted by molar-refractivity contribution is 5.64. The van der Waals surface area contributed by atoms with Crippen molar-refractivity contribution >= 4 is 0 Å². The number of hydrogen-bond donors (Lipinski definition) is 0. The van der Waals surface area contributed by atoms with Crippen LogP contribution < -0.4 is 9.47 Å². The average Bonchev–Trinajstić information content (AvgIpc) is 2.71. The molecule has 27 heavy (non-hydrogen) atoms. The van der Waals surface area contributed by atoms with Crippen molar-refractivity contribution in [2.24, 2.45) is 0 Å². The van der Waals surface area contributed by atoms with Crippen molar-refractivity contribution in [2.75, 3.05) is 13.2 Å². The summed E-state index contributed by atoms with van der Waals surface area (Å²) in [7, 11) is 0. The number of allylic oxidation sites excluding steroid dienone is 3. The molecule has 0 spiro atoms. The summed E-state index contributed by atoms with van der Waals surface area (Å²) in [6.45, 7) is 5.62. The van der Waals surface area contributed by atoms with Gasteiger partial charge in [0.2, 0.25) is 0 Å². The zero-order valence-electron chi connectivity index (χ0n) is 16.7. The molecule has 144 valence electrons. The van der Waals surface area contributed by atoms with E-state index in [1.54, 1.807) is 0 Å². The van der Waals surface area contributed by atoms with Gasteiger partial charge in [0.15, 0.2) is 0 Å². The lowest BCUT2D eigenvalue weighted by Gasteiger charge is -2.08. The Morgan fingerprint density at radius 1 is 0.704 bits per heavy atom. The molecule has 0 saturated carbocycles. The van der Waals surface area contributed by atoms with Gasteiger partial charge in [-0.15, -0.1) is 0 Å². The SMILES string of the molecule is CC=CC=CCOc1ccc(-c2ccc(OCCCCCCC)cc2)cc1. The Balaban J connectivity index is 1.78. The Hall–Kier alpha value is -2.48. The first-order chi connectivity index (χ1) is 13.3. The fraction of sp³-hybridized carbons (Fsp3) is 0.360. The first kappa shape index (κ1) is 20.8. The number of ether oxygens (including phenoxy) is 2. The van der Waals surface area contributed by atoms with E-state index in [9.17, 15) is 0 Å². The largest absolute Gasteiger partial charge is 0.494 e. The van der Waals surface area contributed by atoms with E-state index < -0.39 is 0 Å². The molecule has 0 unspecified atom stereocenters. The van der Waals surface area contributed by atoms with Crippen molar-refractivity contribution in [3.63, 3.8) is 0 Å². The van der Waals surface area contributed by atoms with Crippen molar-refractivity contribution in [3.05, 3.63) is 72.8 Å². The predicted octanol–water partition coefficient (Wildman–Crippen LogP) is 7.21. The van der Waals surface area contributed by atoms with Crippen molar-refractivity contribution < 1.29 is 9.47 Å². The first-order valence-corrected chi connectivity index (χ1v) is 10.1. The van der Waals surface area contributed by atoms with E-state index >= 15 is 0 Å². The molecule has 0 aliphatic rings. The van der Waals surface area contributed by atoms with Gasteiger partial charge in [-0.1, -0.05) is 75.1 Å². The number of benzene rings is 2. The van der Waals surface area contributed by atoms with Gasteiger partial charge in [0, 0.05) is 0 Å². The Kier molecular flexibility index (Phi) is 9.88. The molecule has 2 aromatic carbocycles. The maximum Gasteiger partial charge on any atom is 0.119 e. The lowest BCUT2D eigenvalue weighted by molar-refractivity contribution is 0.304. The lowest BCUT2D eigenvalue weighted by atomic mass is 10.1. The minimum Gasteiger partial charge on any atom is -0.494 e. The quantitative estimate of drug-likeness (QED) is 0.292. The molecule has 0 fully saturated rings. The first-order valence-electron chi connectivity index (χ1n) is 10.1. The average molecular weight is 365 g/mol. The van der Waals surface area contributed by atoms with E-state index in [0.29, 0.717) is 6.61 Å². The molecule has 0 atom stereocenters. The van der Waals surface area contributed by atoms with Gasteiger partial charge in [-0.25, -0.2) is 0 Å². The highest BCUT2D eigenvalue weighted by Crippen LogP contribution is 2.24. The summed E-state index contributed by atoms with van der Waals surface area (Å²) < 4.78 is 11.5. The van der Waals surface area contributed by atoms with E-state index in [1.807, 2.05) is 43.4 Å². The van der Waals surface area contributed by atoms with Crippen LogP contribution in [0.3, 0.4) is 0 Å². The van der Waals surface area contributed by atoms with E-state index in [1.165, 1.54) is 36.8 Å². The maximum absolute atomic E-state index is 5.84. The third-order valence-corrected chi connectivity index (χ3v) is 4.34. The van der Waals surface area contributed by atoms with Gasteiger partial charge in [0.25, 0.3) is 0 Å². The van der Waals surface area contributed by atoms with Gasteiger partial charge in [0.05, 0.1) is 6.61 Å². The number of rotatable bonds is 12. The second kappa shape index (κ2) is 12.8. The molecular weight excluding hydrogens is 332 g/mol. The molecule has 0 aliphatic carbocycles. The third-order valence-electron chi connectivity index (χ3n) is 4.34.